The van der Waals surface area contributed by atoms with Crippen molar-refractivity contribution in [2.45, 2.75) is 32.2 Å². The molecule has 78 valence electrons. The fourth-order valence-electron chi connectivity index (χ4n) is 1.31. The van der Waals surface area contributed by atoms with Crippen LogP contribution in [-0.2, 0) is 0 Å². The standard InChI is InChI=1S/C11H16ClNS/c1-3-4-5-6-9(13)11-10(12)8(2)7-14-11/h3,7,9H,1,4-6,13H2,2H3. The van der Waals surface area contributed by atoms with Crippen LogP contribution in [0, 0.1) is 6.92 Å². The number of hydrogen-bond donors (Lipinski definition) is 1. The van der Waals surface area contributed by atoms with Gasteiger partial charge in [-0.25, -0.2) is 0 Å². The maximum absolute atomic E-state index is 6.13. The summed E-state index contributed by atoms with van der Waals surface area (Å²) in [5.41, 5.74) is 7.17. The fourth-order valence-corrected chi connectivity index (χ4v) is 2.68. The lowest BCUT2D eigenvalue weighted by molar-refractivity contribution is 0.626. The zero-order valence-electron chi connectivity index (χ0n) is 8.42. The molecular weight excluding hydrogens is 214 g/mol. The number of allylic oxidation sites excluding steroid dienone is 1. The van der Waals surface area contributed by atoms with Crippen LogP contribution in [0.25, 0.3) is 0 Å². The Morgan fingerprint density at radius 2 is 2.43 bits per heavy atom. The van der Waals surface area contributed by atoms with Crippen LogP contribution in [0.5, 0.6) is 0 Å². The Bertz CT molecular complexity index is 306. The Hall–Kier alpha value is -0.310. The molecule has 0 aliphatic carbocycles. The van der Waals surface area contributed by atoms with E-state index >= 15 is 0 Å². The van der Waals surface area contributed by atoms with Gasteiger partial charge in [0.15, 0.2) is 0 Å². The molecule has 1 unspecified atom stereocenters. The van der Waals surface area contributed by atoms with Gasteiger partial charge in [0.1, 0.15) is 0 Å². The quantitative estimate of drug-likeness (QED) is 0.598. The van der Waals surface area contributed by atoms with Gasteiger partial charge in [-0.3, -0.25) is 0 Å². The summed E-state index contributed by atoms with van der Waals surface area (Å²) in [4.78, 5) is 1.12. The third-order valence-electron chi connectivity index (χ3n) is 2.19. The largest absolute Gasteiger partial charge is 0.323 e. The Balaban J connectivity index is 2.55. The zero-order chi connectivity index (χ0) is 10.6. The van der Waals surface area contributed by atoms with Crippen molar-refractivity contribution < 1.29 is 0 Å². The summed E-state index contributed by atoms with van der Waals surface area (Å²) in [6, 6.07) is 0.0844. The van der Waals surface area contributed by atoms with Gasteiger partial charge in [-0.15, -0.1) is 17.9 Å². The molecule has 1 aromatic heterocycles. The lowest BCUT2D eigenvalue weighted by Gasteiger charge is -2.09. The van der Waals surface area contributed by atoms with Crippen molar-refractivity contribution in [3.8, 4) is 0 Å². The molecule has 0 aliphatic heterocycles. The molecule has 0 aliphatic rings. The van der Waals surface area contributed by atoms with Gasteiger partial charge < -0.3 is 5.73 Å². The van der Waals surface area contributed by atoms with Gasteiger partial charge in [0.05, 0.1) is 5.02 Å². The van der Waals surface area contributed by atoms with E-state index in [0.717, 1.165) is 34.7 Å². The minimum atomic E-state index is 0.0844. The number of nitrogens with two attached hydrogens (primary N) is 1. The van der Waals surface area contributed by atoms with E-state index in [1.807, 2.05) is 13.0 Å². The van der Waals surface area contributed by atoms with E-state index < -0.39 is 0 Å². The van der Waals surface area contributed by atoms with Crippen LogP contribution in [0.15, 0.2) is 18.0 Å². The Morgan fingerprint density at radius 1 is 1.71 bits per heavy atom. The Morgan fingerprint density at radius 3 is 2.93 bits per heavy atom. The van der Waals surface area contributed by atoms with Gasteiger partial charge in [-0.1, -0.05) is 17.7 Å². The van der Waals surface area contributed by atoms with Gasteiger partial charge in [-0.2, -0.15) is 0 Å². The average molecular weight is 230 g/mol. The maximum Gasteiger partial charge on any atom is 0.0590 e. The van der Waals surface area contributed by atoms with Crippen LogP contribution < -0.4 is 5.73 Å². The van der Waals surface area contributed by atoms with Crippen molar-refractivity contribution in [1.29, 1.82) is 0 Å². The summed E-state index contributed by atoms with van der Waals surface area (Å²) < 4.78 is 0. The summed E-state index contributed by atoms with van der Waals surface area (Å²) in [6.07, 6.45) is 5.01. The summed E-state index contributed by atoms with van der Waals surface area (Å²) in [7, 11) is 0. The monoisotopic (exact) mass is 229 g/mol. The Labute approximate surface area is 94.6 Å². The van der Waals surface area contributed by atoms with E-state index in [1.165, 1.54) is 0 Å². The molecule has 2 N–H and O–H groups in total. The van der Waals surface area contributed by atoms with E-state index in [2.05, 4.69) is 12.0 Å². The predicted molar refractivity (Wildman–Crippen MR) is 65.0 cm³/mol. The molecule has 3 heteroatoms. The molecule has 0 saturated carbocycles. The molecule has 14 heavy (non-hydrogen) atoms. The third-order valence-corrected chi connectivity index (χ3v) is 4.03. The van der Waals surface area contributed by atoms with Crippen LogP contribution in [0.4, 0.5) is 0 Å². The lowest BCUT2D eigenvalue weighted by atomic mass is 10.1. The second-order valence-corrected chi connectivity index (χ2v) is 4.71. The minimum absolute atomic E-state index is 0.0844. The number of thiophene rings is 1. The molecule has 1 heterocycles. The molecule has 0 fully saturated rings. The molecule has 0 saturated heterocycles. The number of halogens is 1. The number of rotatable bonds is 5. The second-order valence-electron chi connectivity index (χ2n) is 3.42. The highest BCUT2D eigenvalue weighted by atomic mass is 35.5. The second kappa shape index (κ2) is 5.54. The van der Waals surface area contributed by atoms with Crippen LogP contribution in [0.3, 0.4) is 0 Å². The topological polar surface area (TPSA) is 26.0 Å². The molecule has 0 aromatic carbocycles. The highest BCUT2D eigenvalue weighted by Gasteiger charge is 2.13. The van der Waals surface area contributed by atoms with Crippen molar-refractivity contribution >= 4 is 22.9 Å². The molecule has 1 nitrogen and oxygen atoms in total. The van der Waals surface area contributed by atoms with Crippen molar-refractivity contribution in [3.63, 3.8) is 0 Å². The minimum Gasteiger partial charge on any atom is -0.323 e. The van der Waals surface area contributed by atoms with Crippen LogP contribution >= 0.6 is 22.9 Å². The molecule has 0 radical (unpaired) electrons. The van der Waals surface area contributed by atoms with E-state index in [0.29, 0.717) is 0 Å². The first-order valence-electron chi connectivity index (χ1n) is 4.76. The summed E-state index contributed by atoms with van der Waals surface area (Å²) in [6.45, 7) is 5.70. The highest BCUT2D eigenvalue weighted by Crippen LogP contribution is 2.33. The van der Waals surface area contributed by atoms with E-state index in [9.17, 15) is 0 Å². The molecule has 1 atom stereocenters. The molecule has 1 rings (SSSR count). The zero-order valence-corrected chi connectivity index (χ0v) is 10.00. The number of hydrogen-bond acceptors (Lipinski definition) is 2. The first kappa shape index (κ1) is 11.8. The molecular formula is C11H16ClNS. The fraction of sp³-hybridized carbons (Fsp3) is 0.455. The van der Waals surface area contributed by atoms with E-state index in [-0.39, 0.29) is 6.04 Å². The van der Waals surface area contributed by atoms with Crippen molar-refractivity contribution in [2.75, 3.05) is 0 Å². The molecule has 0 amide bonds. The van der Waals surface area contributed by atoms with Crippen LogP contribution in [0.2, 0.25) is 5.02 Å². The van der Waals surface area contributed by atoms with Gasteiger partial charge in [0.2, 0.25) is 0 Å². The average Bonchev–Trinajstić information content (AvgIpc) is 2.48. The molecule has 1 aromatic rings. The van der Waals surface area contributed by atoms with E-state index in [4.69, 9.17) is 17.3 Å². The highest BCUT2D eigenvalue weighted by molar-refractivity contribution is 7.10. The van der Waals surface area contributed by atoms with Gasteiger partial charge in [0.25, 0.3) is 0 Å². The van der Waals surface area contributed by atoms with Gasteiger partial charge in [0, 0.05) is 10.9 Å². The normalized spacial score (nSPS) is 12.8. The first-order chi connectivity index (χ1) is 6.66. The van der Waals surface area contributed by atoms with Crippen LogP contribution in [-0.4, -0.2) is 0 Å². The predicted octanol–water partition coefficient (Wildman–Crippen LogP) is 4.07. The van der Waals surface area contributed by atoms with Crippen molar-refractivity contribution in [1.82, 2.24) is 0 Å². The lowest BCUT2D eigenvalue weighted by Crippen LogP contribution is -2.08. The maximum atomic E-state index is 6.13. The summed E-state index contributed by atoms with van der Waals surface area (Å²) >= 11 is 7.79. The number of unbranched alkanes of at least 4 members (excludes halogenated alkanes) is 1. The number of aryl methyl sites for hydroxylation is 1. The molecule has 0 spiro atoms. The summed E-state index contributed by atoms with van der Waals surface area (Å²) in [5, 5.41) is 2.91. The van der Waals surface area contributed by atoms with Gasteiger partial charge in [-0.05, 0) is 37.1 Å². The molecule has 0 bridgehead atoms. The van der Waals surface area contributed by atoms with Gasteiger partial charge >= 0.3 is 0 Å². The SMILES string of the molecule is C=CCCCC(N)c1scc(C)c1Cl. The van der Waals surface area contributed by atoms with Crippen molar-refractivity contribution in [3.05, 3.63) is 33.5 Å². The first-order valence-corrected chi connectivity index (χ1v) is 6.02. The van der Waals surface area contributed by atoms with Crippen molar-refractivity contribution in [2.24, 2.45) is 5.73 Å². The summed E-state index contributed by atoms with van der Waals surface area (Å²) in [5.74, 6) is 0. The third kappa shape index (κ3) is 2.84. The Kier molecular flexibility index (Phi) is 4.66. The van der Waals surface area contributed by atoms with Crippen LogP contribution in [0.1, 0.15) is 35.7 Å². The van der Waals surface area contributed by atoms with E-state index in [1.54, 1.807) is 11.3 Å². The smallest absolute Gasteiger partial charge is 0.0590 e.